The van der Waals surface area contributed by atoms with Crippen LogP contribution in [0.1, 0.15) is 27.9 Å². The normalized spacial score (nSPS) is 30.8. The Balaban J connectivity index is 1.25. The highest BCUT2D eigenvalue weighted by Gasteiger charge is 2.67. The first-order chi connectivity index (χ1) is 14.9. The van der Waals surface area contributed by atoms with Crippen LogP contribution in [-0.2, 0) is 33.8 Å². The number of nitrogens with zero attached hydrogens (tertiary/aromatic N) is 3. The number of likely N-dealkylation sites (tertiary alicyclic amines) is 1. The maximum atomic E-state index is 13.6. The predicted molar refractivity (Wildman–Crippen MR) is 113 cm³/mol. The molecule has 160 valence electrons. The second kappa shape index (κ2) is 6.53. The van der Waals surface area contributed by atoms with E-state index in [4.69, 9.17) is 4.74 Å². The zero-order chi connectivity index (χ0) is 21.3. The van der Waals surface area contributed by atoms with Gasteiger partial charge in [-0.2, -0.15) is 5.10 Å². The van der Waals surface area contributed by atoms with Gasteiger partial charge in [-0.3, -0.25) is 14.7 Å². The Kier molecular flexibility index (Phi) is 3.96. The summed E-state index contributed by atoms with van der Waals surface area (Å²) < 4.78 is 6.30. The fourth-order valence-electron chi connectivity index (χ4n) is 5.74. The summed E-state index contributed by atoms with van der Waals surface area (Å²) in [5, 5.41) is 7.11. The fraction of sp³-hybridized carbons (Fsp3) is 0.458. The number of amides is 2. The van der Waals surface area contributed by atoms with Gasteiger partial charge in [0.05, 0.1) is 30.7 Å². The first-order valence-corrected chi connectivity index (χ1v) is 11.0. The molecule has 31 heavy (non-hydrogen) atoms. The van der Waals surface area contributed by atoms with E-state index in [1.807, 2.05) is 22.0 Å². The number of hydrogen-bond acceptors (Lipinski definition) is 4. The number of aromatic nitrogens is 2. The summed E-state index contributed by atoms with van der Waals surface area (Å²) in [5.41, 5.74) is 5.06. The molecule has 2 saturated heterocycles. The molecule has 4 aliphatic heterocycles. The van der Waals surface area contributed by atoms with Gasteiger partial charge in [-0.15, -0.1) is 0 Å². The molecule has 2 unspecified atom stereocenters. The Morgan fingerprint density at radius 1 is 1.32 bits per heavy atom. The van der Waals surface area contributed by atoms with E-state index in [1.165, 1.54) is 11.1 Å². The van der Waals surface area contributed by atoms with Crippen molar-refractivity contribution in [3.63, 3.8) is 0 Å². The van der Waals surface area contributed by atoms with Crippen molar-refractivity contribution in [1.29, 1.82) is 0 Å². The molecule has 2 fully saturated rings. The Hall–Kier alpha value is -2.93. The summed E-state index contributed by atoms with van der Waals surface area (Å²) in [6, 6.07) is 6.31. The molecule has 0 saturated carbocycles. The number of aromatic amines is 1. The monoisotopic (exact) mass is 418 g/mol. The molecule has 4 atom stereocenters. The average Bonchev–Trinajstić information content (AvgIpc) is 3.51. The maximum absolute atomic E-state index is 13.6. The van der Waals surface area contributed by atoms with Gasteiger partial charge < -0.3 is 14.5 Å². The van der Waals surface area contributed by atoms with Crippen molar-refractivity contribution in [2.45, 2.75) is 45.1 Å². The highest BCUT2D eigenvalue weighted by Crippen LogP contribution is 2.52. The minimum absolute atomic E-state index is 0.0226. The second-order valence-corrected chi connectivity index (χ2v) is 9.40. The fourth-order valence-corrected chi connectivity index (χ4v) is 5.74. The van der Waals surface area contributed by atoms with Crippen LogP contribution >= 0.6 is 0 Å². The molecule has 0 aliphatic carbocycles. The van der Waals surface area contributed by atoms with Crippen LogP contribution in [0.5, 0.6) is 0 Å². The van der Waals surface area contributed by atoms with E-state index in [-0.39, 0.29) is 17.9 Å². The van der Waals surface area contributed by atoms with Crippen molar-refractivity contribution < 1.29 is 14.3 Å². The Morgan fingerprint density at radius 3 is 3.03 bits per heavy atom. The molecule has 2 bridgehead atoms. The van der Waals surface area contributed by atoms with Gasteiger partial charge in [0.2, 0.25) is 11.8 Å². The molecule has 5 heterocycles. The van der Waals surface area contributed by atoms with Crippen LogP contribution in [-0.4, -0.2) is 56.6 Å². The molecule has 1 spiro atoms. The van der Waals surface area contributed by atoms with Gasteiger partial charge in [-0.05, 0) is 30.5 Å². The SMILES string of the molecule is Cc1ccc(CN2C[C@@]34C=C[C@@H](O3)C(C(=O)N3CCc5[nH]ncc5C3)C4C2=O)cc1C. The van der Waals surface area contributed by atoms with Crippen LogP contribution in [0.4, 0.5) is 0 Å². The van der Waals surface area contributed by atoms with E-state index in [2.05, 4.69) is 42.2 Å². The number of carbonyl (C=O) groups is 2. The number of fused-ring (bicyclic) bond motifs is 2. The van der Waals surface area contributed by atoms with E-state index in [0.717, 1.165) is 23.2 Å². The molecule has 1 N–H and O–H groups in total. The van der Waals surface area contributed by atoms with Crippen molar-refractivity contribution in [3.8, 4) is 0 Å². The highest BCUT2D eigenvalue weighted by molar-refractivity contribution is 5.93. The lowest BCUT2D eigenvalue weighted by atomic mass is 9.76. The van der Waals surface area contributed by atoms with E-state index in [1.54, 1.807) is 6.20 Å². The molecule has 2 amide bonds. The predicted octanol–water partition coefficient (Wildman–Crippen LogP) is 1.89. The van der Waals surface area contributed by atoms with Crippen molar-refractivity contribution in [2.24, 2.45) is 11.8 Å². The summed E-state index contributed by atoms with van der Waals surface area (Å²) in [6.07, 6.45) is 6.25. The molecule has 4 aliphatic rings. The summed E-state index contributed by atoms with van der Waals surface area (Å²) in [6.45, 7) is 6.41. The standard InChI is InChI=1S/C24H26N4O3/c1-14-3-4-16(9-15(14)2)11-28-13-24-7-5-19(31-24)20(21(24)23(28)30)22(29)27-8-6-18-17(12-27)10-25-26-18/h3-5,7,9-10,19-21H,6,8,11-13H2,1-2H3,(H,25,26)/t19-,20?,21?,24-/m1/s1. The van der Waals surface area contributed by atoms with Gasteiger partial charge in [0, 0.05) is 37.3 Å². The third kappa shape index (κ3) is 2.72. The van der Waals surface area contributed by atoms with Crippen LogP contribution in [0.2, 0.25) is 0 Å². The number of hydrogen-bond donors (Lipinski definition) is 1. The number of benzene rings is 1. The van der Waals surface area contributed by atoms with Crippen LogP contribution in [0.3, 0.4) is 0 Å². The Labute approximate surface area is 181 Å². The summed E-state index contributed by atoms with van der Waals surface area (Å²) in [4.78, 5) is 30.8. The van der Waals surface area contributed by atoms with Gasteiger partial charge in [0.15, 0.2) is 0 Å². The lowest BCUT2D eigenvalue weighted by Crippen LogP contribution is -2.47. The van der Waals surface area contributed by atoms with Gasteiger partial charge in [-0.1, -0.05) is 30.4 Å². The van der Waals surface area contributed by atoms with E-state index < -0.39 is 17.4 Å². The molecular weight excluding hydrogens is 392 g/mol. The molecule has 1 aromatic carbocycles. The molecule has 2 aromatic rings. The van der Waals surface area contributed by atoms with Gasteiger partial charge >= 0.3 is 0 Å². The minimum Gasteiger partial charge on any atom is -0.360 e. The molecule has 6 rings (SSSR count). The number of H-pyrrole nitrogens is 1. The first-order valence-electron chi connectivity index (χ1n) is 11.0. The molecule has 7 nitrogen and oxygen atoms in total. The third-order valence-corrected chi connectivity index (χ3v) is 7.52. The zero-order valence-electron chi connectivity index (χ0n) is 17.8. The van der Waals surface area contributed by atoms with Gasteiger partial charge in [0.1, 0.15) is 5.60 Å². The van der Waals surface area contributed by atoms with Crippen LogP contribution in [0, 0.1) is 25.7 Å². The summed E-state index contributed by atoms with van der Waals surface area (Å²) in [7, 11) is 0. The summed E-state index contributed by atoms with van der Waals surface area (Å²) in [5.74, 6) is -0.832. The van der Waals surface area contributed by atoms with Crippen LogP contribution in [0.25, 0.3) is 0 Å². The number of aryl methyl sites for hydroxylation is 2. The van der Waals surface area contributed by atoms with Crippen molar-refractivity contribution in [2.75, 3.05) is 13.1 Å². The van der Waals surface area contributed by atoms with E-state index in [0.29, 0.717) is 26.2 Å². The Morgan fingerprint density at radius 2 is 2.19 bits per heavy atom. The molecule has 7 heteroatoms. The van der Waals surface area contributed by atoms with E-state index >= 15 is 0 Å². The average molecular weight is 418 g/mol. The minimum atomic E-state index is -0.668. The van der Waals surface area contributed by atoms with Crippen LogP contribution in [0.15, 0.2) is 36.5 Å². The second-order valence-electron chi connectivity index (χ2n) is 9.40. The van der Waals surface area contributed by atoms with Gasteiger partial charge in [-0.25, -0.2) is 0 Å². The van der Waals surface area contributed by atoms with Crippen molar-refractivity contribution in [1.82, 2.24) is 20.0 Å². The first kappa shape index (κ1) is 18.8. The molecule has 1 aromatic heterocycles. The lowest BCUT2D eigenvalue weighted by molar-refractivity contribution is -0.144. The number of nitrogens with one attached hydrogen (secondary N) is 1. The van der Waals surface area contributed by atoms with Gasteiger partial charge in [0.25, 0.3) is 0 Å². The quantitative estimate of drug-likeness (QED) is 0.773. The summed E-state index contributed by atoms with van der Waals surface area (Å²) >= 11 is 0. The number of rotatable bonds is 3. The highest BCUT2D eigenvalue weighted by atomic mass is 16.5. The lowest BCUT2D eigenvalue weighted by Gasteiger charge is -2.32. The molecular formula is C24H26N4O3. The molecule has 0 radical (unpaired) electrons. The van der Waals surface area contributed by atoms with Crippen LogP contribution < -0.4 is 0 Å². The van der Waals surface area contributed by atoms with Crippen molar-refractivity contribution in [3.05, 3.63) is 64.5 Å². The van der Waals surface area contributed by atoms with E-state index in [9.17, 15) is 9.59 Å². The van der Waals surface area contributed by atoms with Crippen molar-refractivity contribution >= 4 is 11.8 Å². The zero-order valence-corrected chi connectivity index (χ0v) is 17.8. The number of carbonyl (C=O) groups excluding carboxylic acids is 2. The topological polar surface area (TPSA) is 78.5 Å². The maximum Gasteiger partial charge on any atom is 0.230 e. The number of ether oxygens (including phenoxy) is 1. The largest absolute Gasteiger partial charge is 0.360 e. The third-order valence-electron chi connectivity index (χ3n) is 7.52. The smallest absolute Gasteiger partial charge is 0.230 e. The Bertz CT molecular complexity index is 1120.